The Balaban J connectivity index is 2.03. The topological polar surface area (TPSA) is 29.0 Å². The summed E-state index contributed by atoms with van der Waals surface area (Å²) in [6.07, 6.45) is 5.21. The maximum absolute atomic E-state index is 6.27. The SMILES string of the molecule is CN(C)c1nccc(CC(Cl)C2CC2)n1. The Kier molecular flexibility index (Phi) is 3.10. The van der Waals surface area contributed by atoms with Crippen LogP contribution in [0.15, 0.2) is 12.3 Å². The fourth-order valence-corrected chi connectivity index (χ4v) is 1.95. The molecular weight excluding hydrogens is 210 g/mol. The largest absolute Gasteiger partial charge is 0.347 e. The number of anilines is 1. The molecule has 0 N–H and O–H groups in total. The molecule has 0 bridgehead atoms. The van der Waals surface area contributed by atoms with Crippen LogP contribution in [0.3, 0.4) is 0 Å². The Morgan fingerprint density at radius 3 is 2.87 bits per heavy atom. The average molecular weight is 226 g/mol. The summed E-state index contributed by atoms with van der Waals surface area (Å²) in [6.45, 7) is 0. The first-order valence-corrected chi connectivity index (χ1v) is 5.74. The summed E-state index contributed by atoms with van der Waals surface area (Å²) in [5.41, 5.74) is 1.04. The summed E-state index contributed by atoms with van der Waals surface area (Å²) in [7, 11) is 3.89. The van der Waals surface area contributed by atoms with E-state index >= 15 is 0 Å². The van der Waals surface area contributed by atoms with Crippen molar-refractivity contribution in [3.05, 3.63) is 18.0 Å². The van der Waals surface area contributed by atoms with Gasteiger partial charge in [-0.2, -0.15) is 0 Å². The predicted molar refractivity (Wildman–Crippen MR) is 62.4 cm³/mol. The molecular formula is C11H16ClN3. The zero-order chi connectivity index (χ0) is 10.8. The highest BCUT2D eigenvalue weighted by Gasteiger charge is 2.29. The van der Waals surface area contributed by atoms with Gasteiger partial charge >= 0.3 is 0 Å². The quantitative estimate of drug-likeness (QED) is 0.735. The molecule has 4 heteroatoms. The van der Waals surface area contributed by atoms with Gasteiger partial charge in [0.05, 0.1) is 0 Å². The molecule has 82 valence electrons. The van der Waals surface area contributed by atoms with Crippen LogP contribution in [0.5, 0.6) is 0 Å². The number of alkyl halides is 1. The van der Waals surface area contributed by atoms with E-state index in [1.165, 1.54) is 12.8 Å². The number of hydrogen-bond acceptors (Lipinski definition) is 3. The summed E-state index contributed by atoms with van der Waals surface area (Å²) >= 11 is 6.27. The molecule has 2 rings (SSSR count). The molecule has 1 fully saturated rings. The lowest BCUT2D eigenvalue weighted by molar-refractivity contribution is 0.721. The minimum atomic E-state index is 0.245. The van der Waals surface area contributed by atoms with Crippen LogP contribution in [0, 0.1) is 5.92 Å². The monoisotopic (exact) mass is 225 g/mol. The maximum Gasteiger partial charge on any atom is 0.224 e. The highest BCUT2D eigenvalue weighted by Crippen LogP contribution is 2.36. The molecule has 1 heterocycles. The molecule has 3 nitrogen and oxygen atoms in total. The van der Waals surface area contributed by atoms with Crippen LogP contribution in [-0.4, -0.2) is 29.4 Å². The normalized spacial score (nSPS) is 17.5. The molecule has 1 aromatic heterocycles. The summed E-state index contributed by atoms with van der Waals surface area (Å²) in [6, 6.07) is 1.95. The van der Waals surface area contributed by atoms with Crippen molar-refractivity contribution in [1.82, 2.24) is 9.97 Å². The van der Waals surface area contributed by atoms with Gasteiger partial charge in [-0.1, -0.05) is 0 Å². The fourth-order valence-electron chi connectivity index (χ4n) is 1.54. The van der Waals surface area contributed by atoms with Crippen molar-refractivity contribution < 1.29 is 0 Å². The molecule has 1 atom stereocenters. The van der Waals surface area contributed by atoms with E-state index in [0.29, 0.717) is 5.92 Å². The van der Waals surface area contributed by atoms with Gasteiger partial charge in [0.15, 0.2) is 0 Å². The summed E-state index contributed by atoms with van der Waals surface area (Å²) in [5.74, 6) is 1.47. The third-order valence-corrected chi connectivity index (χ3v) is 3.15. The van der Waals surface area contributed by atoms with Gasteiger partial charge in [-0.15, -0.1) is 11.6 Å². The lowest BCUT2D eigenvalue weighted by Crippen LogP contribution is -2.15. The number of hydrogen-bond donors (Lipinski definition) is 0. The smallest absolute Gasteiger partial charge is 0.224 e. The molecule has 0 spiro atoms. The van der Waals surface area contributed by atoms with Gasteiger partial charge in [0, 0.05) is 37.8 Å². The molecule has 0 saturated heterocycles. The molecule has 0 amide bonds. The molecule has 1 aromatic rings. The number of rotatable bonds is 4. The molecule has 0 radical (unpaired) electrons. The Morgan fingerprint density at radius 2 is 2.27 bits per heavy atom. The van der Waals surface area contributed by atoms with E-state index in [9.17, 15) is 0 Å². The van der Waals surface area contributed by atoms with Crippen molar-refractivity contribution >= 4 is 17.5 Å². The van der Waals surface area contributed by atoms with Gasteiger partial charge in [-0.3, -0.25) is 0 Å². The second-order valence-corrected chi connectivity index (χ2v) is 4.86. The van der Waals surface area contributed by atoms with Crippen LogP contribution in [-0.2, 0) is 6.42 Å². The summed E-state index contributed by atoms with van der Waals surface area (Å²) in [5, 5.41) is 0.245. The minimum absolute atomic E-state index is 0.245. The first-order chi connectivity index (χ1) is 7.16. The summed E-state index contributed by atoms with van der Waals surface area (Å²) in [4.78, 5) is 10.5. The lowest BCUT2D eigenvalue weighted by Gasteiger charge is -2.12. The first-order valence-electron chi connectivity index (χ1n) is 5.30. The summed E-state index contributed by atoms with van der Waals surface area (Å²) < 4.78 is 0. The zero-order valence-corrected chi connectivity index (χ0v) is 9.91. The first kappa shape index (κ1) is 10.7. The van der Waals surface area contributed by atoms with E-state index in [0.717, 1.165) is 18.1 Å². The van der Waals surface area contributed by atoms with E-state index in [4.69, 9.17) is 11.6 Å². The second-order valence-electron chi connectivity index (χ2n) is 4.30. The number of halogens is 1. The van der Waals surface area contributed by atoms with E-state index in [2.05, 4.69) is 9.97 Å². The van der Waals surface area contributed by atoms with Crippen LogP contribution in [0.2, 0.25) is 0 Å². The molecule has 0 aliphatic heterocycles. The minimum Gasteiger partial charge on any atom is -0.347 e. The van der Waals surface area contributed by atoms with Crippen molar-refractivity contribution in [1.29, 1.82) is 0 Å². The Bertz CT molecular complexity index is 336. The van der Waals surface area contributed by atoms with Gasteiger partial charge in [0.1, 0.15) is 0 Å². The van der Waals surface area contributed by atoms with Gasteiger partial charge in [0.2, 0.25) is 5.95 Å². The third-order valence-electron chi connectivity index (χ3n) is 2.64. The standard InChI is InChI=1S/C11H16ClN3/c1-15(2)11-13-6-5-9(14-11)7-10(12)8-3-4-8/h5-6,8,10H,3-4,7H2,1-2H3. The van der Waals surface area contributed by atoms with Crippen molar-refractivity contribution in [3.8, 4) is 0 Å². The predicted octanol–water partition coefficient (Wildman–Crippen LogP) is 2.10. The van der Waals surface area contributed by atoms with Crippen LogP contribution >= 0.6 is 11.6 Å². The Labute approximate surface area is 95.5 Å². The van der Waals surface area contributed by atoms with Gasteiger partial charge in [-0.25, -0.2) is 9.97 Å². The Morgan fingerprint density at radius 1 is 1.53 bits per heavy atom. The van der Waals surface area contributed by atoms with Crippen LogP contribution in [0.1, 0.15) is 18.5 Å². The van der Waals surface area contributed by atoms with Crippen LogP contribution in [0.25, 0.3) is 0 Å². The van der Waals surface area contributed by atoms with Crippen LogP contribution in [0.4, 0.5) is 5.95 Å². The molecule has 1 saturated carbocycles. The molecule has 1 aliphatic rings. The van der Waals surface area contributed by atoms with E-state index in [-0.39, 0.29) is 5.38 Å². The highest BCUT2D eigenvalue weighted by molar-refractivity contribution is 6.21. The van der Waals surface area contributed by atoms with E-state index in [1.54, 1.807) is 6.20 Å². The van der Waals surface area contributed by atoms with Crippen molar-refractivity contribution in [3.63, 3.8) is 0 Å². The van der Waals surface area contributed by atoms with Gasteiger partial charge in [-0.05, 0) is 24.8 Å². The average Bonchev–Trinajstić information content (AvgIpc) is 3.01. The van der Waals surface area contributed by atoms with Crippen molar-refractivity contribution in [2.24, 2.45) is 5.92 Å². The molecule has 0 aromatic carbocycles. The fraction of sp³-hybridized carbons (Fsp3) is 0.636. The molecule has 1 aliphatic carbocycles. The molecule has 1 unspecified atom stereocenters. The van der Waals surface area contributed by atoms with E-state index < -0.39 is 0 Å². The second kappa shape index (κ2) is 4.35. The number of aromatic nitrogens is 2. The third kappa shape index (κ3) is 2.81. The van der Waals surface area contributed by atoms with Crippen LogP contribution < -0.4 is 4.90 Å². The Hall–Kier alpha value is -0.830. The maximum atomic E-state index is 6.27. The molecule has 15 heavy (non-hydrogen) atoms. The van der Waals surface area contributed by atoms with Crippen molar-refractivity contribution in [2.75, 3.05) is 19.0 Å². The lowest BCUT2D eigenvalue weighted by atomic mass is 10.1. The van der Waals surface area contributed by atoms with Gasteiger partial charge in [0.25, 0.3) is 0 Å². The van der Waals surface area contributed by atoms with Crippen molar-refractivity contribution in [2.45, 2.75) is 24.6 Å². The zero-order valence-electron chi connectivity index (χ0n) is 9.15. The van der Waals surface area contributed by atoms with E-state index in [1.807, 2.05) is 25.1 Å². The van der Waals surface area contributed by atoms with Gasteiger partial charge < -0.3 is 4.90 Å². The number of nitrogens with zero attached hydrogens (tertiary/aromatic N) is 3. The highest BCUT2D eigenvalue weighted by atomic mass is 35.5.